The second-order valence-electron chi connectivity index (χ2n) is 6.82. The lowest BCUT2D eigenvalue weighted by molar-refractivity contribution is -0.00419. The Morgan fingerprint density at radius 1 is 1.17 bits per heavy atom. The van der Waals surface area contributed by atoms with E-state index < -0.39 is 0 Å². The molecule has 98 valence electrons. The molecule has 4 bridgehead atoms. The van der Waals surface area contributed by atoms with Crippen molar-refractivity contribution in [2.24, 2.45) is 29.4 Å². The molecule has 1 unspecified atom stereocenters. The Kier molecular flexibility index (Phi) is 2.31. The van der Waals surface area contributed by atoms with Crippen LogP contribution in [0, 0.1) is 23.7 Å². The van der Waals surface area contributed by atoms with Crippen LogP contribution in [0.2, 0.25) is 0 Å². The van der Waals surface area contributed by atoms with E-state index in [9.17, 15) is 0 Å². The highest BCUT2D eigenvalue weighted by atomic mass is 15.5. The van der Waals surface area contributed by atoms with E-state index in [0.29, 0.717) is 5.92 Å². The number of rotatable bonds is 2. The first kappa shape index (κ1) is 11.0. The molecule has 0 saturated heterocycles. The molecule has 1 aromatic rings. The van der Waals surface area contributed by atoms with E-state index in [1.807, 2.05) is 6.92 Å². The second-order valence-corrected chi connectivity index (χ2v) is 6.82. The van der Waals surface area contributed by atoms with Gasteiger partial charge in [0.1, 0.15) is 0 Å². The fourth-order valence-corrected chi connectivity index (χ4v) is 5.05. The molecule has 0 spiro atoms. The normalized spacial score (nSPS) is 43.3. The van der Waals surface area contributed by atoms with Crippen molar-refractivity contribution < 1.29 is 0 Å². The van der Waals surface area contributed by atoms with Gasteiger partial charge in [0.05, 0.1) is 18.1 Å². The van der Waals surface area contributed by atoms with E-state index in [1.165, 1.54) is 37.8 Å². The van der Waals surface area contributed by atoms with Gasteiger partial charge in [-0.15, -0.1) is 5.10 Å². The molecule has 4 fully saturated rings. The van der Waals surface area contributed by atoms with Crippen LogP contribution < -0.4 is 5.73 Å². The van der Waals surface area contributed by atoms with Crippen LogP contribution >= 0.6 is 0 Å². The summed E-state index contributed by atoms with van der Waals surface area (Å²) in [6, 6.07) is 0. The van der Waals surface area contributed by atoms with E-state index in [4.69, 9.17) is 5.73 Å². The van der Waals surface area contributed by atoms with Gasteiger partial charge in [0.2, 0.25) is 0 Å². The van der Waals surface area contributed by atoms with Crippen LogP contribution in [0.1, 0.15) is 56.8 Å². The highest BCUT2D eigenvalue weighted by molar-refractivity contribution is 5.13. The molecule has 4 heteroatoms. The molecule has 1 heterocycles. The summed E-state index contributed by atoms with van der Waals surface area (Å²) in [6.45, 7) is 1.95. The van der Waals surface area contributed by atoms with Gasteiger partial charge in [-0.1, -0.05) is 5.21 Å². The minimum atomic E-state index is -0.0666. The Hall–Kier alpha value is -0.900. The van der Waals surface area contributed by atoms with Crippen molar-refractivity contribution >= 4 is 0 Å². The maximum Gasteiger partial charge on any atom is 0.0977 e. The molecule has 0 aromatic carbocycles. The highest BCUT2D eigenvalue weighted by Crippen LogP contribution is 2.59. The predicted octanol–water partition coefficient (Wildman–Crippen LogP) is 2.29. The first-order valence-electron chi connectivity index (χ1n) is 7.38. The molecule has 18 heavy (non-hydrogen) atoms. The van der Waals surface area contributed by atoms with Gasteiger partial charge in [0.25, 0.3) is 0 Å². The van der Waals surface area contributed by atoms with Crippen molar-refractivity contribution in [2.75, 3.05) is 0 Å². The van der Waals surface area contributed by atoms with Crippen LogP contribution in [0.3, 0.4) is 0 Å². The summed E-state index contributed by atoms with van der Waals surface area (Å²) in [5, 5.41) is 8.61. The topological polar surface area (TPSA) is 56.7 Å². The third kappa shape index (κ3) is 1.54. The monoisotopic (exact) mass is 246 g/mol. The quantitative estimate of drug-likeness (QED) is 0.871. The van der Waals surface area contributed by atoms with Crippen LogP contribution in [0.4, 0.5) is 0 Å². The second kappa shape index (κ2) is 3.80. The van der Waals surface area contributed by atoms with Crippen LogP contribution in [0.5, 0.6) is 0 Å². The minimum absolute atomic E-state index is 0.0666. The summed E-state index contributed by atoms with van der Waals surface area (Å²) < 4.78 is 1.81. The van der Waals surface area contributed by atoms with Gasteiger partial charge in [-0.05, 0) is 62.7 Å². The standard InChI is InChI=1S/C14H22N4/c1-8(15)18-7-13(16-17-18)14-11-3-9-2-10(5-11)6-12(14)4-9/h7-12,14H,2-6,15H2,1H3. The van der Waals surface area contributed by atoms with Crippen molar-refractivity contribution in [3.05, 3.63) is 11.9 Å². The van der Waals surface area contributed by atoms with Crippen molar-refractivity contribution in [3.8, 4) is 0 Å². The third-order valence-electron chi connectivity index (χ3n) is 5.51. The van der Waals surface area contributed by atoms with E-state index >= 15 is 0 Å². The Labute approximate surface area is 108 Å². The fourth-order valence-electron chi connectivity index (χ4n) is 5.05. The van der Waals surface area contributed by atoms with Gasteiger partial charge in [0.15, 0.2) is 0 Å². The fraction of sp³-hybridized carbons (Fsp3) is 0.857. The maximum absolute atomic E-state index is 5.86. The zero-order chi connectivity index (χ0) is 12.3. The average molecular weight is 246 g/mol. The molecule has 1 atom stereocenters. The maximum atomic E-state index is 5.86. The van der Waals surface area contributed by atoms with E-state index in [2.05, 4.69) is 16.5 Å². The molecular formula is C14H22N4. The summed E-state index contributed by atoms with van der Waals surface area (Å²) in [5.41, 5.74) is 7.07. The summed E-state index contributed by atoms with van der Waals surface area (Å²) in [6.07, 6.45) is 9.27. The van der Waals surface area contributed by atoms with Crippen molar-refractivity contribution in [1.29, 1.82) is 0 Å². The number of hydrogen-bond donors (Lipinski definition) is 1. The lowest BCUT2D eigenvalue weighted by Gasteiger charge is -2.53. The molecule has 4 nitrogen and oxygen atoms in total. The molecule has 0 amide bonds. The summed E-state index contributed by atoms with van der Waals surface area (Å²) >= 11 is 0. The van der Waals surface area contributed by atoms with Crippen LogP contribution in [-0.4, -0.2) is 15.0 Å². The lowest BCUT2D eigenvalue weighted by Crippen LogP contribution is -2.43. The van der Waals surface area contributed by atoms with Crippen molar-refractivity contribution in [1.82, 2.24) is 15.0 Å². The summed E-state index contributed by atoms with van der Waals surface area (Å²) in [7, 11) is 0. The molecule has 4 aliphatic carbocycles. The number of nitrogens with two attached hydrogens (primary N) is 1. The van der Waals surface area contributed by atoms with Gasteiger partial charge < -0.3 is 5.73 Å². The minimum Gasteiger partial charge on any atom is -0.310 e. The molecule has 0 aliphatic heterocycles. The summed E-state index contributed by atoms with van der Waals surface area (Å²) in [5.74, 6) is 4.46. The number of hydrogen-bond acceptors (Lipinski definition) is 3. The molecule has 0 radical (unpaired) electrons. The highest BCUT2D eigenvalue weighted by Gasteiger charge is 2.49. The summed E-state index contributed by atoms with van der Waals surface area (Å²) in [4.78, 5) is 0. The molecule has 1 aromatic heterocycles. The van der Waals surface area contributed by atoms with Gasteiger partial charge in [-0.25, -0.2) is 4.68 Å². The SMILES string of the molecule is CC(N)n1cc(C2C3CC4CC(C3)CC2C4)nn1. The first-order chi connectivity index (χ1) is 8.70. The van der Waals surface area contributed by atoms with Crippen LogP contribution in [0.15, 0.2) is 6.20 Å². The number of nitrogens with zero attached hydrogens (tertiary/aromatic N) is 3. The zero-order valence-electron chi connectivity index (χ0n) is 11.0. The lowest BCUT2D eigenvalue weighted by atomic mass is 9.51. The van der Waals surface area contributed by atoms with Crippen LogP contribution in [0.25, 0.3) is 0 Å². The van der Waals surface area contributed by atoms with E-state index in [1.54, 1.807) is 4.68 Å². The van der Waals surface area contributed by atoms with E-state index in [-0.39, 0.29) is 6.17 Å². The molecule has 2 N–H and O–H groups in total. The average Bonchev–Trinajstić information content (AvgIpc) is 2.77. The van der Waals surface area contributed by atoms with Gasteiger partial charge >= 0.3 is 0 Å². The van der Waals surface area contributed by atoms with E-state index in [0.717, 1.165) is 23.7 Å². The number of aromatic nitrogens is 3. The largest absolute Gasteiger partial charge is 0.310 e. The molecule has 5 rings (SSSR count). The van der Waals surface area contributed by atoms with Gasteiger partial charge in [0, 0.05) is 5.92 Å². The Morgan fingerprint density at radius 3 is 2.28 bits per heavy atom. The Bertz CT molecular complexity index is 422. The Morgan fingerprint density at radius 2 is 1.78 bits per heavy atom. The zero-order valence-corrected chi connectivity index (χ0v) is 11.0. The third-order valence-corrected chi connectivity index (χ3v) is 5.51. The van der Waals surface area contributed by atoms with Crippen molar-refractivity contribution in [3.63, 3.8) is 0 Å². The van der Waals surface area contributed by atoms with Crippen molar-refractivity contribution in [2.45, 2.75) is 51.1 Å². The Balaban J connectivity index is 1.64. The van der Waals surface area contributed by atoms with Gasteiger partial charge in [-0.3, -0.25) is 0 Å². The van der Waals surface area contributed by atoms with Gasteiger partial charge in [-0.2, -0.15) is 0 Å². The molecular weight excluding hydrogens is 224 g/mol. The van der Waals surface area contributed by atoms with Crippen LogP contribution in [-0.2, 0) is 0 Å². The smallest absolute Gasteiger partial charge is 0.0977 e. The molecule has 4 aliphatic rings. The first-order valence-corrected chi connectivity index (χ1v) is 7.38. The molecule has 4 saturated carbocycles. The predicted molar refractivity (Wildman–Crippen MR) is 68.7 cm³/mol.